The minimum Gasteiger partial charge on any atom is -0.493 e. The van der Waals surface area contributed by atoms with Crippen molar-refractivity contribution < 1.29 is 14.6 Å². The first-order valence-corrected chi connectivity index (χ1v) is 11.8. The van der Waals surface area contributed by atoms with Crippen LogP contribution >= 0.6 is 0 Å². The maximum absolute atomic E-state index is 11.3. The molecule has 0 aliphatic rings. The van der Waals surface area contributed by atoms with Crippen LogP contribution in [0.3, 0.4) is 0 Å². The largest absolute Gasteiger partial charge is 0.493 e. The minimum absolute atomic E-state index is 0.167. The van der Waals surface area contributed by atoms with Gasteiger partial charge in [0.2, 0.25) is 0 Å². The molecule has 1 heterocycles. The molecule has 0 fully saturated rings. The molecule has 0 saturated heterocycles. The lowest BCUT2D eigenvalue weighted by Crippen LogP contribution is -2.19. The maximum atomic E-state index is 11.3. The standard InChI is InChI=1S/C29H34N2O3/c1-6-31(28-15-14-24(18-30-28)29(32)33)26-17-27(34-19-20(2)3)25(21(4)5)16-23(26)13-12-22-10-8-7-9-11-22/h7-18,20-21H,6,19H2,1-5H3,(H,32,33)/b13-12+. The average Bonchev–Trinajstić information content (AvgIpc) is 2.83. The second-order valence-electron chi connectivity index (χ2n) is 9.01. The van der Waals surface area contributed by atoms with Gasteiger partial charge in [-0.05, 0) is 53.6 Å². The van der Waals surface area contributed by atoms with E-state index in [1.807, 2.05) is 18.2 Å². The monoisotopic (exact) mass is 458 g/mol. The van der Waals surface area contributed by atoms with Gasteiger partial charge in [0.15, 0.2) is 0 Å². The number of carboxylic acid groups (broad SMARTS) is 1. The molecule has 34 heavy (non-hydrogen) atoms. The van der Waals surface area contributed by atoms with Crippen molar-refractivity contribution >= 4 is 29.6 Å². The molecule has 5 heteroatoms. The van der Waals surface area contributed by atoms with Gasteiger partial charge in [-0.2, -0.15) is 0 Å². The van der Waals surface area contributed by atoms with Gasteiger partial charge in [0.05, 0.1) is 17.9 Å². The molecule has 0 radical (unpaired) electrons. The van der Waals surface area contributed by atoms with Crippen LogP contribution in [0, 0.1) is 5.92 Å². The smallest absolute Gasteiger partial charge is 0.337 e. The van der Waals surface area contributed by atoms with Crippen LogP contribution in [0.2, 0.25) is 0 Å². The quantitative estimate of drug-likeness (QED) is 0.324. The van der Waals surface area contributed by atoms with Crippen molar-refractivity contribution in [3.8, 4) is 5.75 Å². The van der Waals surface area contributed by atoms with E-state index < -0.39 is 5.97 Å². The van der Waals surface area contributed by atoms with E-state index in [1.165, 1.54) is 6.20 Å². The molecule has 0 atom stereocenters. The van der Waals surface area contributed by atoms with E-state index in [9.17, 15) is 9.90 Å². The fraction of sp³-hybridized carbons (Fsp3) is 0.310. The summed E-state index contributed by atoms with van der Waals surface area (Å²) >= 11 is 0. The average molecular weight is 459 g/mol. The third kappa shape index (κ3) is 6.25. The molecule has 0 aliphatic carbocycles. The van der Waals surface area contributed by atoms with Crippen LogP contribution in [-0.2, 0) is 0 Å². The van der Waals surface area contributed by atoms with Gasteiger partial charge in [-0.3, -0.25) is 0 Å². The van der Waals surface area contributed by atoms with Crippen molar-refractivity contribution in [2.75, 3.05) is 18.1 Å². The molecule has 3 aromatic rings. The van der Waals surface area contributed by atoms with Gasteiger partial charge in [0, 0.05) is 18.8 Å². The SMILES string of the molecule is CCN(c1ccc(C(=O)O)cn1)c1cc(OCC(C)C)c(C(C)C)cc1/C=C/c1ccccc1. The molecular formula is C29H34N2O3. The number of aromatic carboxylic acids is 1. The molecule has 0 spiro atoms. The molecule has 0 unspecified atom stereocenters. The highest BCUT2D eigenvalue weighted by atomic mass is 16.5. The predicted octanol–water partition coefficient (Wildman–Crippen LogP) is 7.27. The molecule has 178 valence electrons. The number of nitrogens with zero attached hydrogens (tertiary/aromatic N) is 2. The van der Waals surface area contributed by atoms with Crippen molar-refractivity contribution in [1.29, 1.82) is 0 Å². The first-order valence-electron chi connectivity index (χ1n) is 11.8. The molecule has 0 aliphatic heterocycles. The number of benzene rings is 2. The molecule has 0 saturated carbocycles. The van der Waals surface area contributed by atoms with Gasteiger partial charge in [-0.15, -0.1) is 0 Å². The van der Waals surface area contributed by atoms with Crippen LogP contribution in [0.15, 0.2) is 60.8 Å². The normalized spacial score (nSPS) is 11.4. The first-order chi connectivity index (χ1) is 16.3. The Hall–Kier alpha value is -3.60. The fourth-order valence-corrected chi connectivity index (χ4v) is 3.68. The summed E-state index contributed by atoms with van der Waals surface area (Å²) in [7, 11) is 0. The number of pyridine rings is 1. The summed E-state index contributed by atoms with van der Waals surface area (Å²) in [5.74, 6) is 1.28. The second kappa shape index (κ2) is 11.5. The van der Waals surface area contributed by atoms with Crippen LogP contribution in [0.5, 0.6) is 5.75 Å². The number of carbonyl (C=O) groups is 1. The van der Waals surface area contributed by atoms with E-state index in [2.05, 4.69) is 80.9 Å². The number of aromatic nitrogens is 1. The Bertz CT molecular complexity index is 1120. The van der Waals surface area contributed by atoms with Crippen molar-refractivity contribution in [1.82, 2.24) is 4.98 Å². The maximum Gasteiger partial charge on any atom is 0.337 e. The summed E-state index contributed by atoms with van der Waals surface area (Å²) in [6.07, 6.45) is 5.63. The molecule has 0 bridgehead atoms. The number of anilines is 2. The number of hydrogen-bond donors (Lipinski definition) is 1. The topological polar surface area (TPSA) is 62.7 Å². The Morgan fingerprint density at radius 2 is 1.79 bits per heavy atom. The lowest BCUT2D eigenvalue weighted by molar-refractivity contribution is 0.0696. The summed E-state index contributed by atoms with van der Waals surface area (Å²) in [6, 6.07) is 17.8. The highest BCUT2D eigenvalue weighted by Gasteiger charge is 2.19. The van der Waals surface area contributed by atoms with E-state index in [-0.39, 0.29) is 5.56 Å². The van der Waals surface area contributed by atoms with Gasteiger partial charge < -0.3 is 14.7 Å². The second-order valence-corrected chi connectivity index (χ2v) is 9.01. The lowest BCUT2D eigenvalue weighted by Gasteiger charge is -2.27. The Labute approximate surface area is 202 Å². The molecular weight excluding hydrogens is 424 g/mol. The molecule has 2 aromatic carbocycles. The summed E-state index contributed by atoms with van der Waals surface area (Å²) in [6.45, 7) is 12.0. The van der Waals surface area contributed by atoms with Crippen molar-refractivity contribution in [2.24, 2.45) is 5.92 Å². The van der Waals surface area contributed by atoms with Crippen LogP contribution in [0.25, 0.3) is 12.2 Å². The summed E-state index contributed by atoms with van der Waals surface area (Å²) in [5, 5.41) is 9.25. The van der Waals surface area contributed by atoms with Crippen LogP contribution in [-0.4, -0.2) is 29.2 Å². The predicted molar refractivity (Wildman–Crippen MR) is 140 cm³/mol. The zero-order valence-corrected chi connectivity index (χ0v) is 20.7. The van der Waals surface area contributed by atoms with E-state index in [0.717, 1.165) is 28.1 Å². The van der Waals surface area contributed by atoms with Gasteiger partial charge in [0.1, 0.15) is 11.6 Å². The Morgan fingerprint density at radius 3 is 2.35 bits per heavy atom. The molecule has 5 nitrogen and oxygen atoms in total. The first kappa shape index (κ1) is 25.0. The third-order valence-electron chi connectivity index (χ3n) is 5.49. The minimum atomic E-state index is -0.987. The van der Waals surface area contributed by atoms with Crippen molar-refractivity contribution in [2.45, 2.75) is 40.5 Å². The van der Waals surface area contributed by atoms with Crippen molar-refractivity contribution in [3.05, 3.63) is 83.0 Å². The highest BCUT2D eigenvalue weighted by Crippen LogP contribution is 2.38. The molecule has 1 N–H and O–H groups in total. The molecule has 0 amide bonds. The zero-order chi connectivity index (χ0) is 24.7. The Balaban J connectivity index is 2.14. The molecule has 1 aromatic heterocycles. The Kier molecular flexibility index (Phi) is 8.47. The van der Waals surface area contributed by atoms with E-state index >= 15 is 0 Å². The third-order valence-corrected chi connectivity index (χ3v) is 5.49. The summed E-state index contributed by atoms with van der Waals surface area (Å²) in [5.41, 5.74) is 4.46. The van der Waals surface area contributed by atoms with Gasteiger partial charge in [0.25, 0.3) is 0 Å². The molecule has 3 rings (SSSR count). The summed E-state index contributed by atoms with van der Waals surface area (Å²) in [4.78, 5) is 17.8. The van der Waals surface area contributed by atoms with E-state index in [1.54, 1.807) is 12.1 Å². The van der Waals surface area contributed by atoms with E-state index in [4.69, 9.17) is 4.74 Å². The number of carboxylic acids is 1. The summed E-state index contributed by atoms with van der Waals surface area (Å²) < 4.78 is 6.25. The van der Waals surface area contributed by atoms with E-state index in [0.29, 0.717) is 30.8 Å². The fourth-order valence-electron chi connectivity index (χ4n) is 3.68. The zero-order valence-electron chi connectivity index (χ0n) is 20.7. The van der Waals surface area contributed by atoms with Gasteiger partial charge >= 0.3 is 5.97 Å². The lowest BCUT2D eigenvalue weighted by atomic mass is 9.97. The van der Waals surface area contributed by atoms with Crippen LogP contribution in [0.4, 0.5) is 11.5 Å². The number of ether oxygens (including phenoxy) is 1. The van der Waals surface area contributed by atoms with Crippen molar-refractivity contribution in [3.63, 3.8) is 0 Å². The number of hydrogen-bond acceptors (Lipinski definition) is 4. The van der Waals surface area contributed by atoms with Crippen LogP contribution in [0.1, 0.15) is 67.6 Å². The number of rotatable bonds is 10. The Morgan fingerprint density at radius 1 is 1.06 bits per heavy atom. The highest BCUT2D eigenvalue weighted by molar-refractivity contribution is 5.87. The van der Waals surface area contributed by atoms with Gasteiger partial charge in [-0.25, -0.2) is 9.78 Å². The van der Waals surface area contributed by atoms with Crippen LogP contribution < -0.4 is 9.64 Å². The van der Waals surface area contributed by atoms with Gasteiger partial charge in [-0.1, -0.05) is 70.2 Å².